The van der Waals surface area contributed by atoms with Crippen molar-refractivity contribution in [2.75, 3.05) is 6.54 Å². The Hall–Kier alpha value is -1.26. The molecule has 12 heavy (non-hydrogen) atoms. The Labute approximate surface area is 71.2 Å². The summed E-state index contributed by atoms with van der Waals surface area (Å²) in [6.45, 7) is 0.124. The number of nitrogens with one attached hydrogen (secondary N) is 3. The summed E-state index contributed by atoms with van der Waals surface area (Å²) < 4.78 is 0. The highest BCUT2D eigenvalue weighted by atomic mass is 16.2. The van der Waals surface area contributed by atoms with Crippen LogP contribution in [0.1, 0.15) is 19.3 Å². The number of urea groups is 1. The van der Waals surface area contributed by atoms with Crippen LogP contribution in [0.2, 0.25) is 0 Å². The first-order valence-corrected chi connectivity index (χ1v) is 4.06. The van der Waals surface area contributed by atoms with E-state index < -0.39 is 0 Å². The van der Waals surface area contributed by atoms with E-state index in [4.69, 9.17) is 11.1 Å². The molecule has 0 saturated heterocycles. The summed E-state index contributed by atoms with van der Waals surface area (Å²) in [5.41, 5.74) is 5.06. The van der Waals surface area contributed by atoms with E-state index in [-0.39, 0.29) is 18.4 Å². The zero-order valence-electron chi connectivity index (χ0n) is 6.89. The Morgan fingerprint density at radius 2 is 2.25 bits per heavy atom. The molecule has 0 aliphatic heterocycles. The molecule has 68 valence electrons. The smallest absolute Gasteiger partial charge is 0.315 e. The number of amidine groups is 1. The number of amides is 2. The first-order chi connectivity index (χ1) is 5.68. The van der Waals surface area contributed by atoms with E-state index in [0.717, 1.165) is 12.8 Å². The average Bonchev–Trinajstić information content (AvgIpc) is 1.93. The molecule has 0 spiro atoms. The Kier molecular flexibility index (Phi) is 2.90. The molecular weight excluding hydrogens is 156 g/mol. The minimum atomic E-state index is -0.227. The number of hydrogen-bond donors (Lipinski definition) is 4. The van der Waals surface area contributed by atoms with E-state index >= 15 is 0 Å². The zero-order valence-corrected chi connectivity index (χ0v) is 6.89. The van der Waals surface area contributed by atoms with E-state index in [1.54, 1.807) is 0 Å². The van der Waals surface area contributed by atoms with Gasteiger partial charge in [-0.1, -0.05) is 0 Å². The molecule has 1 aliphatic rings. The van der Waals surface area contributed by atoms with E-state index in [1.165, 1.54) is 6.42 Å². The highest BCUT2D eigenvalue weighted by molar-refractivity contribution is 5.84. The van der Waals surface area contributed by atoms with Gasteiger partial charge in [-0.05, 0) is 19.3 Å². The van der Waals surface area contributed by atoms with Gasteiger partial charge in [-0.25, -0.2) is 4.79 Å². The van der Waals surface area contributed by atoms with Crippen molar-refractivity contribution in [2.45, 2.75) is 25.3 Å². The molecule has 0 aromatic rings. The van der Waals surface area contributed by atoms with Crippen LogP contribution in [0.3, 0.4) is 0 Å². The summed E-state index contributed by atoms with van der Waals surface area (Å²) in [5, 5.41) is 12.1. The predicted molar refractivity (Wildman–Crippen MR) is 46.1 cm³/mol. The molecule has 5 N–H and O–H groups in total. The van der Waals surface area contributed by atoms with E-state index in [0.29, 0.717) is 6.04 Å². The summed E-state index contributed by atoms with van der Waals surface area (Å²) in [6.07, 6.45) is 3.32. The summed E-state index contributed by atoms with van der Waals surface area (Å²) in [4.78, 5) is 11.0. The Morgan fingerprint density at radius 3 is 2.67 bits per heavy atom. The molecule has 0 radical (unpaired) electrons. The summed E-state index contributed by atoms with van der Waals surface area (Å²) in [7, 11) is 0. The highest BCUT2D eigenvalue weighted by Crippen LogP contribution is 2.17. The van der Waals surface area contributed by atoms with Crippen molar-refractivity contribution in [2.24, 2.45) is 5.73 Å². The largest absolute Gasteiger partial charge is 0.386 e. The molecular formula is C7H14N4O. The van der Waals surface area contributed by atoms with E-state index in [9.17, 15) is 4.79 Å². The quantitative estimate of drug-likeness (QED) is 0.348. The lowest BCUT2D eigenvalue weighted by molar-refractivity contribution is 0.229. The number of rotatable bonds is 3. The number of carbonyl (C=O) groups is 1. The summed E-state index contributed by atoms with van der Waals surface area (Å²) in [6, 6.07) is 0.104. The van der Waals surface area contributed by atoms with Gasteiger partial charge < -0.3 is 16.4 Å². The third kappa shape index (κ3) is 2.77. The van der Waals surface area contributed by atoms with Crippen molar-refractivity contribution in [1.82, 2.24) is 10.6 Å². The Balaban J connectivity index is 2.06. The van der Waals surface area contributed by atoms with Crippen molar-refractivity contribution in [3.63, 3.8) is 0 Å². The van der Waals surface area contributed by atoms with Gasteiger partial charge in [0, 0.05) is 6.04 Å². The van der Waals surface area contributed by atoms with Crippen molar-refractivity contribution < 1.29 is 4.79 Å². The lowest BCUT2D eigenvalue weighted by Gasteiger charge is -2.26. The highest BCUT2D eigenvalue weighted by Gasteiger charge is 2.18. The summed E-state index contributed by atoms with van der Waals surface area (Å²) in [5.74, 6) is -0.0289. The number of hydrogen-bond acceptors (Lipinski definition) is 2. The minimum absolute atomic E-state index is 0.0289. The molecule has 1 rings (SSSR count). The molecule has 0 bridgehead atoms. The number of nitrogens with two attached hydrogens (primary N) is 1. The summed E-state index contributed by atoms with van der Waals surface area (Å²) >= 11 is 0. The van der Waals surface area contributed by atoms with Crippen molar-refractivity contribution in [3.05, 3.63) is 0 Å². The van der Waals surface area contributed by atoms with Crippen LogP contribution >= 0.6 is 0 Å². The van der Waals surface area contributed by atoms with Gasteiger partial charge in [-0.2, -0.15) is 0 Å². The van der Waals surface area contributed by atoms with Gasteiger partial charge in [0.25, 0.3) is 0 Å². The first-order valence-electron chi connectivity index (χ1n) is 4.06. The van der Waals surface area contributed by atoms with Gasteiger partial charge in [0.05, 0.1) is 6.54 Å². The monoisotopic (exact) mass is 170 g/mol. The molecule has 1 aliphatic carbocycles. The standard InChI is InChI=1S/C7H14N4O/c8-6(9)4-10-7(12)11-5-2-1-3-5/h5H,1-4H2,(H3,8,9)(H2,10,11,12). The van der Waals surface area contributed by atoms with Crippen LogP contribution in [0, 0.1) is 5.41 Å². The topological polar surface area (TPSA) is 91.0 Å². The molecule has 1 fully saturated rings. The van der Waals surface area contributed by atoms with Crippen LogP contribution in [-0.2, 0) is 0 Å². The molecule has 5 nitrogen and oxygen atoms in total. The second kappa shape index (κ2) is 3.94. The predicted octanol–water partition coefficient (Wildman–Crippen LogP) is -0.226. The molecule has 2 amide bonds. The maximum Gasteiger partial charge on any atom is 0.315 e. The second-order valence-corrected chi connectivity index (χ2v) is 2.98. The normalized spacial score (nSPS) is 16.3. The molecule has 0 heterocycles. The fourth-order valence-corrected chi connectivity index (χ4v) is 0.965. The van der Waals surface area contributed by atoms with Crippen LogP contribution in [0.5, 0.6) is 0 Å². The van der Waals surface area contributed by atoms with Crippen molar-refractivity contribution in [3.8, 4) is 0 Å². The lowest BCUT2D eigenvalue weighted by Crippen LogP contribution is -2.47. The van der Waals surface area contributed by atoms with Gasteiger partial charge in [0.15, 0.2) is 0 Å². The maximum absolute atomic E-state index is 11.0. The zero-order chi connectivity index (χ0) is 8.97. The van der Waals surface area contributed by atoms with Crippen molar-refractivity contribution in [1.29, 1.82) is 5.41 Å². The van der Waals surface area contributed by atoms with Crippen molar-refractivity contribution >= 4 is 11.9 Å². The second-order valence-electron chi connectivity index (χ2n) is 2.98. The fourth-order valence-electron chi connectivity index (χ4n) is 0.965. The SMILES string of the molecule is N=C(N)CNC(=O)NC1CCC1. The van der Waals surface area contributed by atoms with E-state index in [2.05, 4.69) is 10.6 Å². The van der Waals surface area contributed by atoms with Crippen LogP contribution in [0.15, 0.2) is 0 Å². The Morgan fingerprint density at radius 1 is 1.58 bits per heavy atom. The van der Waals surface area contributed by atoms with Crippen LogP contribution in [0.25, 0.3) is 0 Å². The third-order valence-corrected chi connectivity index (χ3v) is 1.88. The van der Waals surface area contributed by atoms with Gasteiger partial charge in [0.2, 0.25) is 0 Å². The van der Waals surface area contributed by atoms with Gasteiger partial charge in [-0.3, -0.25) is 5.41 Å². The van der Waals surface area contributed by atoms with Gasteiger partial charge >= 0.3 is 6.03 Å². The molecule has 0 aromatic heterocycles. The molecule has 5 heteroatoms. The fraction of sp³-hybridized carbons (Fsp3) is 0.714. The van der Waals surface area contributed by atoms with Crippen LogP contribution in [-0.4, -0.2) is 24.5 Å². The molecule has 1 saturated carbocycles. The lowest BCUT2D eigenvalue weighted by atomic mass is 9.93. The Bertz CT molecular complexity index is 188. The van der Waals surface area contributed by atoms with E-state index in [1.807, 2.05) is 0 Å². The van der Waals surface area contributed by atoms with Gasteiger partial charge in [0.1, 0.15) is 5.84 Å². The average molecular weight is 170 g/mol. The van der Waals surface area contributed by atoms with Crippen LogP contribution < -0.4 is 16.4 Å². The molecule has 0 atom stereocenters. The minimum Gasteiger partial charge on any atom is -0.386 e. The van der Waals surface area contributed by atoms with Crippen LogP contribution in [0.4, 0.5) is 4.79 Å². The van der Waals surface area contributed by atoms with Gasteiger partial charge in [-0.15, -0.1) is 0 Å². The third-order valence-electron chi connectivity index (χ3n) is 1.88. The maximum atomic E-state index is 11.0. The molecule has 0 aromatic carbocycles. The number of carbonyl (C=O) groups excluding carboxylic acids is 1. The molecule has 0 unspecified atom stereocenters. The first kappa shape index (κ1) is 8.83.